The predicted molar refractivity (Wildman–Crippen MR) is 74.1 cm³/mol. The van der Waals surface area contributed by atoms with Crippen LogP contribution in [0.5, 0.6) is 0 Å². The summed E-state index contributed by atoms with van der Waals surface area (Å²) in [6, 6.07) is 1.21. The maximum Gasteiger partial charge on any atom is 0.0445 e. The number of aliphatic hydroxyl groups is 1. The third kappa shape index (κ3) is 5.87. The van der Waals surface area contributed by atoms with Crippen molar-refractivity contribution in [1.29, 1.82) is 0 Å². The molecule has 1 rings (SSSR count). The van der Waals surface area contributed by atoms with Gasteiger partial charge in [0.25, 0.3) is 0 Å². The van der Waals surface area contributed by atoms with E-state index >= 15 is 0 Å². The highest BCUT2D eigenvalue weighted by Crippen LogP contribution is 2.29. The molecule has 2 N–H and O–H groups in total. The molecule has 0 aromatic rings. The van der Waals surface area contributed by atoms with E-state index in [0.717, 1.165) is 24.7 Å². The van der Waals surface area contributed by atoms with Crippen LogP contribution >= 0.6 is 0 Å². The van der Waals surface area contributed by atoms with Crippen molar-refractivity contribution in [1.82, 2.24) is 5.32 Å². The fourth-order valence-electron chi connectivity index (χ4n) is 3.22. The molecule has 2 heteroatoms. The topological polar surface area (TPSA) is 32.3 Å². The lowest BCUT2D eigenvalue weighted by atomic mass is 9.81. The number of rotatable bonds is 7. The molecule has 0 spiro atoms. The summed E-state index contributed by atoms with van der Waals surface area (Å²) in [5.74, 6) is 1.76. The SMILES string of the molecule is CCC(CCO)NC1CCCC(CC(C)C)C1. The smallest absolute Gasteiger partial charge is 0.0445 e. The van der Waals surface area contributed by atoms with Gasteiger partial charge in [-0.2, -0.15) is 0 Å². The summed E-state index contributed by atoms with van der Waals surface area (Å²) >= 11 is 0. The second kappa shape index (κ2) is 8.10. The largest absolute Gasteiger partial charge is 0.396 e. The third-order valence-corrected chi connectivity index (χ3v) is 4.03. The van der Waals surface area contributed by atoms with E-state index in [2.05, 4.69) is 26.1 Å². The number of aliphatic hydroxyl groups excluding tert-OH is 1. The average molecular weight is 241 g/mol. The van der Waals surface area contributed by atoms with Crippen molar-refractivity contribution in [3.8, 4) is 0 Å². The molecule has 0 bridgehead atoms. The first-order valence-electron chi connectivity index (χ1n) is 7.52. The lowest BCUT2D eigenvalue weighted by Crippen LogP contribution is -2.41. The highest BCUT2D eigenvalue weighted by Gasteiger charge is 2.23. The minimum Gasteiger partial charge on any atom is -0.396 e. The van der Waals surface area contributed by atoms with Crippen molar-refractivity contribution < 1.29 is 5.11 Å². The van der Waals surface area contributed by atoms with Crippen molar-refractivity contribution in [2.24, 2.45) is 11.8 Å². The number of nitrogens with one attached hydrogen (secondary N) is 1. The summed E-state index contributed by atoms with van der Waals surface area (Å²) in [4.78, 5) is 0. The van der Waals surface area contributed by atoms with Gasteiger partial charge in [-0.1, -0.05) is 33.6 Å². The lowest BCUT2D eigenvalue weighted by molar-refractivity contribution is 0.215. The molecular formula is C15H31NO. The zero-order chi connectivity index (χ0) is 12.7. The van der Waals surface area contributed by atoms with Crippen LogP contribution in [0.2, 0.25) is 0 Å². The molecule has 1 saturated carbocycles. The second-order valence-electron chi connectivity index (χ2n) is 6.14. The number of hydrogen-bond acceptors (Lipinski definition) is 2. The van der Waals surface area contributed by atoms with Crippen LogP contribution in [0.3, 0.4) is 0 Å². The van der Waals surface area contributed by atoms with Crippen LogP contribution in [-0.2, 0) is 0 Å². The van der Waals surface area contributed by atoms with Crippen LogP contribution in [0.4, 0.5) is 0 Å². The van der Waals surface area contributed by atoms with E-state index in [1.807, 2.05) is 0 Å². The Labute approximate surface area is 107 Å². The van der Waals surface area contributed by atoms with Crippen molar-refractivity contribution in [3.05, 3.63) is 0 Å². The molecule has 0 aromatic carbocycles. The van der Waals surface area contributed by atoms with Gasteiger partial charge in [0.05, 0.1) is 0 Å². The molecular weight excluding hydrogens is 210 g/mol. The summed E-state index contributed by atoms with van der Waals surface area (Å²) < 4.78 is 0. The minimum absolute atomic E-state index is 0.313. The summed E-state index contributed by atoms with van der Waals surface area (Å²) in [6.45, 7) is 7.19. The van der Waals surface area contributed by atoms with Gasteiger partial charge in [-0.15, -0.1) is 0 Å². The van der Waals surface area contributed by atoms with Crippen LogP contribution in [0.1, 0.15) is 65.7 Å². The van der Waals surface area contributed by atoms with Crippen molar-refractivity contribution in [2.45, 2.75) is 77.8 Å². The first-order valence-corrected chi connectivity index (χ1v) is 7.52. The third-order valence-electron chi connectivity index (χ3n) is 4.03. The average Bonchev–Trinajstić information content (AvgIpc) is 2.28. The van der Waals surface area contributed by atoms with Gasteiger partial charge in [-0.25, -0.2) is 0 Å². The monoisotopic (exact) mass is 241 g/mol. The Kier molecular flexibility index (Phi) is 7.14. The van der Waals surface area contributed by atoms with Gasteiger partial charge < -0.3 is 10.4 Å². The van der Waals surface area contributed by atoms with Crippen LogP contribution < -0.4 is 5.32 Å². The lowest BCUT2D eigenvalue weighted by Gasteiger charge is -2.33. The molecule has 17 heavy (non-hydrogen) atoms. The fraction of sp³-hybridized carbons (Fsp3) is 1.00. The summed E-state index contributed by atoms with van der Waals surface area (Å²) in [6.07, 6.45) is 8.90. The maximum absolute atomic E-state index is 9.03. The Balaban J connectivity index is 2.32. The van der Waals surface area contributed by atoms with Gasteiger partial charge in [0.2, 0.25) is 0 Å². The summed E-state index contributed by atoms with van der Waals surface area (Å²) in [7, 11) is 0. The summed E-state index contributed by atoms with van der Waals surface area (Å²) in [5.41, 5.74) is 0. The second-order valence-corrected chi connectivity index (χ2v) is 6.14. The van der Waals surface area contributed by atoms with E-state index in [4.69, 9.17) is 5.11 Å². The molecule has 1 fully saturated rings. The molecule has 0 aromatic heterocycles. The fourth-order valence-corrected chi connectivity index (χ4v) is 3.22. The molecule has 0 radical (unpaired) electrons. The Morgan fingerprint density at radius 3 is 2.65 bits per heavy atom. The molecule has 3 atom stereocenters. The molecule has 0 heterocycles. The van der Waals surface area contributed by atoms with Gasteiger partial charge in [-0.3, -0.25) is 0 Å². The predicted octanol–water partition coefficient (Wildman–Crippen LogP) is 3.34. The van der Waals surface area contributed by atoms with E-state index in [-0.39, 0.29) is 0 Å². The van der Waals surface area contributed by atoms with Gasteiger partial charge in [0, 0.05) is 18.7 Å². The van der Waals surface area contributed by atoms with Gasteiger partial charge in [0.15, 0.2) is 0 Å². The maximum atomic E-state index is 9.03. The van der Waals surface area contributed by atoms with E-state index < -0.39 is 0 Å². The zero-order valence-electron chi connectivity index (χ0n) is 11.9. The normalized spacial score (nSPS) is 27.4. The minimum atomic E-state index is 0.313. The Morgan fingerprint density at radius 2 is 2.06 bits per heavy atom. The van der Waals surface area contributed by atoms with Crippen molar-refractivity contribution in [3.63, 3.8) is 0 Å². The molecule has 2 nitrogen and oxygen atoms in total. The standard InChI is InChI=1S/C15H31NO/c1-4-14(8-9-17)16-15-7-5-6-13(11-15)10-12(2)3/h12-17H,4-11H2,1-3H3. The molecule has 0 aliphatic heterocycles. The van der Waals surface area contributed by atoms with Gasteiger partial charge >= 0.3 is 0 Å². The van der Waals surface area contributed by atoms with E-state index in [0.29, 0.717) is 18.7 Å². The molecule has 1 aliphatic carbocycles. The van der Waals surface area contributed by atoms with Gasteiger partial charge in [-0.05, 0) is 43.9 Å². The Bertz CT molecular complexity index is 193. The quantitative estimate of drug-likeness (QED) is 0.716. The molecule has 1 aliphatic rings. The van der Waals surface area contributed by atoms with Crippen LogP contribution in [0, 0.1) is 11.8 Å². The first kappa shape index (κ1) is 15.0. The van der Waals surface area contributed by atoms with Crippen LogP contribution in [0.25, 0.3) is 0 Å². The molecule has 0 saturated heterocycles. The molecule has 102 valence electrons. The van der Waals surface area contributed by atoms with E-state index in [9.17, 15) is 0 Å². The van der Waals surface area contributed by atoms with E-state index in [1.165, 1.54) is 32.1 Å². The van der Waals surface area contributed by atoms with Crippen LogP contribution in [-0.4, -0.2) is 23.8 Å². The molecule has 3 unspecified atom stereocenters. The Hall–Kier alpha value is -0.0800. The van der Waals surface area contributed by atoms with Crippen LogP contribution in [0.15, 0.2) is 0 Å². The number of hydrogen-bond donors (Lipinski definition) is 2. The van der Waals surface area contributed by atoms with E-state index in [1.54, 1.807) is 0 Å². The Morgan fingerprint density at radius 1 is 1.29 bits per heavy atom. The van der Waals surface area contributed by atoms with Crippen molar-refractivity contribution >= 4 is 0 Å². The van der Waals surface area contributed by atoms with Gasteiger partial charge in [0.1, 0.15) is 0 Å². The molecule has 0 amide bonds. The summed E-state index contributed by atoms with van der Waals surface area (Å²) in [5, 5.41) is 12.8. The first-order chi connectivity index (χ1) is 8.15. The van der Waals surface area contributed by atoms with Crippen molar-refractivity contribution in [2.75, 3.05) is 6.61 Å². The highest BCUT2D eigenvalue weighted by atomic mass is 16.3. The highest BCUT2D eigenvalue weighted by molar-refractivity contribution is 4.81. The zero-order valence-corrected chi connectivity index (χ0v) is 11.9.